The summed E-state index contributed by atoms with van der Waals surface area (Å²) in [6, 6.07) is 25.3. The molecule has 0 spiro atoms. The Morgan fingerprint density at radius 2 is 1.78 bits per heavy atom. The van der Waals surface area contributed by atoms with E-state index in [1.807, 2.05) is 66.7 Å². The summed E-state index contributed by atoms with van der Waals surface area (Å²) >= 11 is 0. The second-order valence-electron chi connectivity index (χ2n) is 7.20. The predicted molar refractivity (Wildman–Crippen MR) is 121 cm³/mol. The summed E-state index contributed by atoms with van der Waals surface area (Å²) in [5.41, 5.74) is 3.02. The first-order chi connectivity index (χ1) is 15.6. The van der Waals surface area contributed by atoms with E-state index in [0.29, 0.717) is 11.4 Å². The van der Waals surface area contributed by atoms with Crippen LogP contribution in [-0.4, -0.2) is 20.4 Å². The van der Waals surface area contributed by atoms with Crippen LogP contribution in [0, 0.1) is 0 Å². The van der Waals surface area contributed by atoms with Gasteiger partial charge in [0, 0.05) is 18.7 Å². The molecule has 0 fully saturated rings. The SMILES string of the molecule is CC(Nc1cccc(CO/N=C(/c2ccccc2)c2noc(=O)n2C)n1)c1ccccc1. The molecule has 4 aromatic rings. The number of anilines is 1. The number of benzene rings is 2. The predicted octanol–water partition coefficient (Wildman–Crippen LogP) is 3.91. The first-order valence-corrected chi connectivity index (χ1v) is 10.2. The summed E-state index contributed by atoms with van der Waals surface area (Å²) in [5.74, 6) is 0.450. The van der Waals surface area contributed by atoms with Gasteiger partial charge >= 0.3 is 5.76 Å². The number of hydrogen-bond acceptors (Lipinski definition) is 7. The first-order valence-electron chi connectivity index (χ1n) is 10.2. The molecule has 4 rings (SSSR count). The number of pyridine rings is 1. The van der Waals surface area contributed by atoms with Crippen molar-refractivity contribution in [2.24, 2.45) is 12.2 Å². The van der Waals surface area contributed by atoms with Crippen LogP contribution in [0.15, 0.2) is 93.3 Å². The third-order valence-corrected chi connectivity index (χ3v) is 4.90. The zero-order chi connectivity index (χ0) is 22.3. The van der Waals surface area contributed by atoms with Crippen LogP contribution in [0.3, 0.4) is 0 Å². The van der Waals surface area contributed by atoms with Gasteiger partial charge in [0.1, 0.15) is 5.82 Å². The topological polar surface area (TPSA) is 94.5 Å². The molecule has 2 aromatic heterocycles. The van der Waals surface area contributed by atoms with Crippen LogP contribution in [0.25, 0.3) is 0 Å². The van der Waals surface area contributed by atoms with Crippen molar-refractivity contribution in [2.75, 3.05) is 5.32 Å². The molecule has 0 radical (unpaired) electrons. The molecular formula is C24H23N5O3. The quantitative estimate of drug-likeness (QED) is 0.337. The van der Waals surface area contributed by atoms with E-state index < -0.39 is 5.76 Å². The molecule has 0 aliphatic carbocycles. The minimum Gasteiger partial charge on any atom is -0.389 e. The summed E-state index contributed by atoms with van der Waals surface area (Å²) in [6.07, 6.45) is 0. The normalized spacial score (nSPS) is 12.4. The number of rotatable bonds is 8. The summed E-state index contributed by atoms with van der Waals surface area (Å²) in [7, 11) is 1.57. The van der Waals surface area contributed by atoms with E-state index in [-0.39, 0.29) is 18.5 Å². The van der Waals surface area contributed by atoms with Gasteiger partial charge in [-0.2, -0.15) is 0 Å². The molecule has 0 aliphatic heterocycles. The van der Waals surface area contributed by atoms with Crippen molar-refractivity contribution < 1.29 is 9.36 Å². The number of nitrogens with zero attached hydrogens (tertiary/aromatic N) is 4. The highest BCUT2D eigenvalue weighted by molar-refractivity contribution is 6.10. The molecule has 0 saturated heterocycles. The highest BCUT2D eigenvalue weighted by Crippen LogP contribution is 2.18. The van der Waals surface area contributed by atoms with Crippen molar-refractivity contribution in [3.8, 4) is 0 Å². The van der Waals surface area contributed by atoms with E-state index >= 15 is 0 Å². The van der Waals surface area contributed by atoms with Gasteiger partial charge in [0.2, 0.25) is 5.82 Å². The summed E-state index contributed by atoms with van der Waals surface area (Å²) in [5, 5.41) is 11.5. The van der Waals surface area contributed by atoms with Crippen LogP contribution in [0.4, 0.5) is 5.82 Å². The maximum Gasteiger partial charge on any atom is 0.441 e. The number of nitrogens with one attached hydrogen (secondary N) is 1. The number of oxime groups is 1. The third-order valence-electron chi connectivity index (χ3n) is 4.90. The highest BCUT2D eigenvalue weighted by atomic mass is 16.6. The van der Waals surface area contributed by atoms with E-state index in [9.17, 15) is 4.79 Å². The Balaban J connectivity index is 1.50. The standard InChI is InChI=1S/C24H23N5O3/c1-17(18-10-5-3-6-11-18)25-21-15-9-14-20(26-21)16-31-27-22(19-12-7-4-8-13-19)23-28-32-24(30)29(23)2/h3-15,17H,16H2,1-2H3,(H,25,26)/b27-22-. The van der Waals surface area contributed by atoms with Crippen LogP contribution < -0.4 is 11.1 Å². The van der Waals surface area contributed by atoms with Crippen LogP contribution in [0.2, 0.25) is 0 Å². The number of hydrogen-bond donors (Lipinski definition) is 1. The molecule has 1 N–H and O–H groups in total. The second-order valence-corrected chi connectivity index (χ2v) is 7.20. The lowest BCUT2D eigenvalue weighted by atomic mass is 10.1. The maximum absolute atomic E-state index is 11.7. The Morgan fingerprint density at radius 1 is 1.06 bits per heavy atom. The Kier molecular flexibility index (Phi) is 6.41. The van der Waals surface area contributed by atoms with E-state index in [4.69, 9.17) is 9.36 Å². The highest BCUT2D eigenvalue weighted by Gasteiger charge is 2.17. The molecule has 0 saturated carbocycles. The van der Waals surface area contributed by atoms with E-state index in [0.717, 1.165) is 11.4 Å². The molecule has 1 atom stereocenters. The molecule has 2 aromatic carbocycles. The zero-order valence-corrected chi connectivity index (χ0v) is 17.8. The lowest BCUT2D eigenvalue weighted by Gasteiger charge is -2.15. The molecule has 0 amide bonds. The summed E-state index contributed by atoms with van der Waals surface area (Å²) in [6.45, 7) is 2.23. The largest absolute Gasteiger partial charge is 0.441 e. The fourth-order valence-corrected chi connectivity index (χ4v) is 3.16. The van der Waals surface area contributed by atoms with Gasteiger partial charge in [-0.3, -0.25) is 9.09 Å². The third kappa shape index (κ3) is 4.92. The Morgan fingerprint density at radius 3 is 2.47 bits per heavy atom. The van der Waals surface area contributed by atoms with E-state index in [1.165, 1.54) is 10.1 Å². The second kappa shape index (κ2) is 9.74. The molecule has 8 heteroatoms. The van der Waals surface area contributed by atoms with Crippen molar-refractivity contribution in [3.05, 3.63) is 112 Å². The zero-order valence-electron chi connectivity index (χ0n) is 17.8. The maximum atomic E-state index is 11.7. The average molecular weight is 429 g/mol. The van der Waals surface area contributed by atoms with Crippen LogP contribution in [0.1, 0.15) is 35.6 Å². The lowest BCUT2D eigenvalue weighted by molar-refractivity contribution is 0.128. The number of aromatic nitrogens is 3. The van der Waals surface area contributed by atoms with E-state index in [2.05, 4.69) is 39.7 Å². The van der Waals surface area contributed by atoms with Crippen LogP contribution in [0.5, 0.6) is 0 Å². The van der Waals surface area contributed by atoms with Crippen molar-refractivity contribution >= 4 is 11.5 Å². The summed E-state index contributed by atoms with van der Waals surface area (Å²) < 4.78 is 6.03. The van der Waals surface area contributed by atoms with Crippen molar-refractivity contribution in [1.29, 1.82) is 0 Å². The monoisotopic (exact) mass is 429 g/mol. The Labute approximate surface area is 185 Å². The lowest BCUT2D eigenvalue weighted by Crippen LogP contribution is -2.17. The van der Waals surface area contributed by atoms with Crippen molar-refractivity contribution in [3.63, 3.8) is 0 Å². The molecule has 1 unspecified atom stereocenters. The van der Waals surface area contributed by atoms with Gasteiger partial charge in [0.25, 0.3) is 0 Å². The molecule has 0 bridgehead atoms. The molecule has 32 heavy (non-hydrogen) atoms. The van der Waals surface area contributed by atoms with Crippen LogP contribution in [-0.2, 0) is 18.5 Å². The minimum absolute atomic E-state index is 0.107. The van der Waals surface area contributed by atoms with Gasteiger partial charge in [-0.1, -0.05) is 77.0 Å². The fraction of sp³-hybridized carbons (Fsp3) is 0.167. The van der Waals surface area contributed by atoms with Crippen molar-refractivity contribution in [1.82, 2.24) is 14.7 Å². The van der Waals surface area contributed by atoms with Gasteiger partial charge in [-0.15, -0.1) is 0 Å². The van der Waals surface area contributed by atoms with E-state index in [1.54, 1.807) is 7.05 Å². The van der Waals surface area contributed by atoms with Gasteiger partial charge < -0.3 is 10.2 Å². The molecule has 8 nitrogen and oxygen atoms in total. The van der Waals surface area contributed by atoms with Gasteiger partial charge in [-0.05, 0) is 24.6 Å². The minimum atomic E-state index is -0.573. The fourth-order valence-electron chi connectivity index (χ4n) is 3.16. The Hall–Kier alpha value is -4.20. The average Bonchev–Trinajstić information content (AvgIpc) is 3.16. The van der Waals surface area contributed by atoms with Gasteiger partial charge in [0.15, 0.2) is 12.3 Å². The smallest absolute Gasteiger partial charge is 0.389 e. The molecule has 0 aliphatic rings. The Bertz CT molecular complexity index is 1250. The van der Waals surface area contributed by atoms with Gasteiger partial charge in [-0.25, -0.2) is 9.78 Å². The van der Waals surface area contributed by atoms with Gasteiger partial charge in [0.05, 0.1) is 5.69 Å². The van der Waals surface area contributed by atoms with Crippen LogP contribution >= 0.6 is 0 Å². The first kappa shape index (κ1) is 21.0. The molecule has 2 heterocycles. The summed E-state index contributed by atoms with van der Waals surface area (Å²) in [4.78, 5) is 21.9. The van der Waals surface area contributed by atoms with Crippen molar-refractivity contribution in [2.45, 2.75) is 19.6 Å². The molecular weight excluding hydrogens is 406 g/mol. The molecule has 162 valence electrons.